The van der Waals surface area contributed by atoms with Crippen molar-refractivity contribution >= 4 is 17.9 Å². The van der Waals surface area contributed by atoms with Crippen molar-refractivity contribution in [2.24, 2.45) is 5.73 Å². The molecule has 0 aromatic heterocycles. The highest BCUT2D eigenvalue weighted by molar-refractivity contribution is 5.76. The SMILES string of the molecule is CCCC(CC(=O)O)NC(=O)NCCOCC(N)=O. The van der Waals surface area contributed by atoms with Gasteiger partial charge in [-0.15, -0.1) is 0 Å². The molecular formula is C11H21N3O5. The predicted octanol–water partition coefficient (Wildman–Crippen LogP) is -0.569. The number of carboxylic acids is 1. The normalized spacial score (nSPS) is 11.6. The smallest absolute Gasteiger partial charge is 0.315 e. The number of amides is 3. The molecule has 0 aliphatic carbocycles. The van der Waals surface area contributed by atoms with E-state index in [9.17, 15) is 14.4 Å². The third-order valence-electron chi connectivity index (χ3n) is 2.17. The Labute approximate surface area is 111 Å². The Kier molecular flexibility index (Phi) is 9.15. The lowest BCUT2D eigenvalue weighted by molar-refractivity contribution is -0.137. The van der Waals surface area contributed by atoms with Gasteiger partial charge in [0.05, 0.1) is 13.0 Å². The second-order valence-corrected chi connectivity index (χ2v) is 4.00. The van der Waals surface area contributed by atoms with Gasteiger partial charge in [0, 0.05) is 12.6 Å². The molecule has 0 fully saturated rings. The van der Waals surface area contributed by atoms with Crippen LogP contribution in [0.3, 0.4) is 0 Å². The van der Waals surface area contributed by atoms with Gasteiger partial charge in [0.15, 0.2) is 0 Å². The highest BCUT2D eigenvalue weighted by Crippen LogP contribution is 2.01. The average Bonchev–Trinajstić information content (AvgIpc) is 2.27. The minimum Gasteiger partial charge on any atom is -0.481 e. The van der Waals surface area contributed by atoms with Crippen molar-refractivity contribution in [2.75, 3.05) is 19.8 Å². The van der Waals surface area contributed by atoms with E-state index in [0.717, 1.165) is 6.42 Å². The standard InChI is InChI=1S/C11H21N3O5/c1-2-3-8(6-10(16)17)14-11(18)13-4-5-19-7-9(12)15/h8H,2-7H2,1H3,(H2,12,15)(H,16,17)(H2,13,14,18). The molecule has 0 radical (unpaired) electrons. The minimum absolute atomic E-state index is 0.112. The summed E-state index contributed by atoms with van der Waals surface area (Å²) in [6, 6.07) is -0.851. The summed E-state index contributed by atoms with van der Waals surface area (Å²) in [7, 11) is 0. The first-order chi connectivity index (χ1) is 8.95. The van der Waals surface area contributed by atoms with E-state index < -0.39 is 23.9 Å². The fourth-order valence-electron chi connectivity index (χ4n) is 1.43. The average molecular weight is 275 g/mol. The number of urea groups is 1. The van der Waals surface area contributed by atoms with Crippen molar-refractivity contribution in [3.05, 3.63) is 0 Å². The van der Waals surface area contributed by atoms with Gasteiger partial charge >= 0.3 is 12.0 Å². The number of hydrogen-bond donors (Lipinski definition) is 4. The summed E-state index contributed by atoms with van der Waals surface area (Å²) in [4.78, 5) is 32.4. The van der Waals surface area contributed by atoms with Gasteiger partial charge in [-0.2, -0.15) is 0 Å². The molecule has 3 amide bonds. The monoisotopic (exact) mass is 275 g/mol. The number of rotatable bonds is 10. The van der Waals surface area contributed by atoms with Crippen LogP contribution in [0, 0.1) is 0 Å². The summed E-state index contributed by atoms with van der Waals surface area (Å²) < 4.78 is 4.85. The molecule has 8 heteroatoms. The van der Waals surface area contributed by atoms with Crippen molar-refractivity contribution in [3.63, 3.8) is 0 Å². The Hall–Kier alpha value is -1.83. The molecule has 0 saturated carbocycles. The molecule has 8 nitrogen and oxygen atoms in total. The lowest BCUT2D eigenvalue weighted by Gasteiger charge is -2.16. The van der Waals surface area contributed by atoms with Crippen LogP contribution in [0.25, 0.3) is 0 Å². The summed E-state index contributed by atoms with van der Waals surface area (Å²) in [5.74, 6) is -1.53. The molecule has 110 valence electrons. The molecule has 0 saturated heterocycles. The lowest BCUT2D eigenvalue weighted by Crippen LogP contribution is -2.44. The predicted molar refractivity (Wildman–Crippen MR) is 67.5 cm³/mol. The molecule has 0 heterocycles. The van der Waals surface area contributed by atoms with Crippen molar-refractivity contribution in [3.8, 4) is 0 Å². The third-order valence-corrected chi connectivity index (χ3v) is 2.17. The largest absolute Gasteiger partial charge is 0.481 e. The van der Waals surface area contributed by atoms with E-state index in [0.29, 0.717) is 6.42 Å². The maximum Gasteiger partial charge on any atom is 0.315 e. The van der Waals surface area contributed by atoms with E-state index in [1.165, 1.54) is 0 Å². The van der Waals surface area contributed by atoms with Crippen molar-refractivity contribution in [1.82, 2.24) is 10.6 Å². The van der Waals surface area contributed by atoms with Crippen LogP contribution in [-0.2, 0) is 14.3 Å². The second kappa shape index (κ2) is 10.1. The van der Waals surface area contributed by atoms with E-state index in [2.05, 4.69) is 10.6 Å². The van der Waals surface area contributed by atoms with Gasteiger partial charge < -0.3 is 26.2 Å². The molecule has 1 atom stereocenters. The molecule has 0 aromatic rings. The fraction of sp³-hybridized carbons (Fsp3) is 0.727. The van der Waals surface area contributed by atoms with E-state index in [1.807, 2.05) is 6.92 Å². The topological polar surface area (TPSA) is 131 Å². The zero-order chi connectivity index (χ0) is 14.7. The lowest BCUT2D eigenvalue weighted by atomic mass is 10.1. The molecule has 0 spiro atoms. The zero-order valence-corrected chi connectivity index (χ0v) is 11.0. The number of carbonyl (C=O) groups excluding carboxylic acids is 2. The van der Waals surface area contributed by atoms with Crippen LogP contribution < -0.4 is 16.4 Å². The molecule has 0 rings (SSSR count). The maximum absolute atomic E-state index is 11.4. The summed E-state index contributed by atoms with van der Waals surface area (Å²) >= 11 is 0. The van der Waals surface area contributed by atoms with E-state index in [1.54, 1.807) is 0 Å². The first kappa shape index (κ1) is 17.2. The molecular weight excluding hydrogens is 254 g/mol. The first-order valence-electron chi connectivity index (χ1n) is 6.07. The quantitative estimate of drug-likeness (QED) is 0.397. The molecule has 0 aliphatic rings. The Balaban J connectivity index is 3.80. The number of primary amides is 1. The van der Waals surface area contributed by atoms with Gasteiger partial charge in [-0.3, -0.25) is 9.59 Å². The van der Waals surface area contributed by atoms with Crippen LogP contribution in [-0.4, -0.2) is 48.8 Å². The number of hydrogen-bond acceptors (Lipinski definition) is 4. The fourth-order valence-corrected chi connectivity index (χ4v) is 1.43. The Morgan fingerprint density at radius 2 is 2.05 bits per heavy atom. The summed E-state index contributed by atoms with van der Waals surface area (Å²) in [6.07, 6.45) is 1.26. The second-order valence-electron chi connectivity index (χ2n) is 4.00. The Morgan fingerprint density at radius 1 is 1.37 bits per heavy atom. The van der Waals surface area contributed by atoms with E-state index in [-0.39, 0.29) is 26.2 Å². The van der Waals surface area contributed by atoms with Gasteiger partial charge in [-0.05, 0) is 6.42 Å². The number of carboxylic acid groups (broad SMARTS) is 1. The number of nitrogens with two attached hydrogens (primary N) is 1. The van der Waals surface area contributed by atoms with Crippen LogP contribution in [0.4, 0.5) is 4.79 Å². The van der Waals surface area contributed by atoms with Crippen molar-refractivity contribution in [1.29, 1.82) is 0 Å². The Bertz CT molecular complexity index is 309. The highest BCUT2D eigenvalue weighted by Gasteiger charge is 2.14. The molecule has 5 N–H and O–H groups in total. The van der Waals surface area contributed by atoms with Crippen LogP contribution in [0.5, 0.6) is 0 Å². The first-order valence-corrected chi connectivity index (χ1v) is 6.07. The summed E-state index contributed by atoms with van der Waals surface area (Å²) in [5.41, 5.74) is 4.86. The van der Waals surface area contributed by atoms with E-state index in [4.69, 9.17) is 15.6 Å². The van der Waals surface area contributed by atoms with Crippen molar-refractivity contribution < 1.29 is 24.2 Å². The zero-order valence-electron chi connectivity index (χ0n) is 11.0. The molecule has 0 aliphatic heterocycles. The van der Waals surface area contributed by atoms with Gasteiger partial charge in [0.1, 0.15) is 6.61 Å². The van der Waals surface area contributed by atoms with Gasteiger partial charge in [0.2, 0.25) is 5.91 Å². The third kappa shape index (κ3) is 11.0. The molecule has 0 bridgehead atoms. The summed E-state index contributed by atoms with van der Waals surface area (Å²) in [6.45, 7) is 2.09. The Morgan fingerprint density at radius 3 is 2.58 bits per heavy atom. The molecule has 0 aromatic carbocycles. The summed E-state index contributed by atoms with van der Waals surface area (Å²) in [5, 5.41) is 13.8. The van der Waals surface area contributed by atoms with Gasteiger partial charge in [-0.1, -0.05) is 13.3 Å². The number of carbonyl (C=O) groups is 3. The van der Waals surface area contributed by atoms with Crippen LogP contribution >= 0.6 is 0 Å². The maximum atomic E-state index is 11.4. The number of aliphatic carboxylic acids is 1. The van der Waals surface area contributed by atoms with Crippen LogP contribution in [0.15, 0.2) is 0 Å². The molecule has 1 unspecified atom stereocenters. The van der Waals surface area contributed by atoms with Gasteiger partial charge in [0.25, 0.3) is 0 Å². The van der Waals surface area contributed by atoms with Crippen LogP contribution in [0.2, 0.25) is 0 Å². The van der Waals surface area contributed by atoms with Crippen molar-refractivity contribution in [2.45, 2.75) is 32.2 Å². The van der Waals surface area contributed by atoms with Crippen LogP contribution in [0.1, 0.15) is 26.2 Å². The molecule has 19 heavy (non-hydrogen) atoms. The van der Waals surface area contributed by atoms with Gasteiger partial charge in [-0.25, -0.2) is 4.79 Å². The van der Waals surface area contributed by atoms with E-state index >= 15 is 0 Å². The highest BCUT2D eigenvalue weighted by atomic mass is 16.5. The number of nitrogens with one attached hydrogen (secondary N) is 2. The number of ether oxygens (including phenoxy) is 1. The minimum atomic E-state index is -0.955.